The number of hydrogen-bond acceptors (Lipinski definition) is 7. The smallest absolute Gasteiger partial charge is 0.287 e. The van der Waals surface area contributed by atoms with Crippen molar-refractivity contribution >= 4 is 32.7 Å². The van der Waals surface area contributed by atoms with Gasteiger partial charge in [-0.25, -0.2) is 9.97 Å². The number of aryl methyl sites for hydroxylation is 2. The van der Waals surface area contributed by atoms with Gasteiger partial charge in [0.15, 0.2) is 11.7 Å². The first-order valence-electron chi connectivity index (χ1n) is 9.13. The number of aromatic hydroxyl groups is 1. The fourth-order valence-electron chi connectivity index (χ4n) is 3.25. The van der Waals surface area contributed by atoms with E-state index < -0.39 is 15.6 Å². The predicted molar refractivity (Wildman–Crippen MR) is 109 cm³/mol. The quantitative estimate of drug-likeness (QED) is 0.671. The number of sulfonamides is 1. The van der Waals surface area contributed by atoms with Crippen LogP contribution in [0.15, 0.2) is 44.7 Å². The van der Waals surface area contributed by atoms with E-state index in [4.69, 9.17) is 0 Å². The van der Waals surface area contributed by atoms with Crippen molar-refractivity contribution in [1.29, 1.82) is 0 Å². The molecule has 10 heteroatoms. The second kappa shape index (κ2) is 6.96. The third-order valence-corrected chi connectivity index (χ3v) is 5.97. The van der Waals surface area contributed by atoms with Crippen molar-refractivity contribution in [3.05, 3.63) is 52.1 Å². The molecular formula is C19H19N5O4S. The van der Waals surface area contributed by atoms with Crippen molar-refractivity contribution in [3.63, 3.8) is 0 Å². The molecule has 150 valence electrons. The lowest BCUT2D eigenvalue weighted by Gasteiger charge is -2.19. The van der Waals surface area contributed by atoms with Crippen LogP contribution < -0.4 is 10.9 Å². The minimum absolute atomic E-state index is 0.0609. The van der Waals surface area contributed by atoms with Crippen LogP contribution in [0.2, 0.25) is 0 Å². The van der Waals surface area contributed by atoms with Gasteiger partial charge in [0.1, 0.15) is 21.9 Å². The number of fused-ring (bicyclic) bond motifs is 2. The highest BCUT2D eigenvalue weighted by Gasteiger charge is 2.31. The molecule has 1 aliphatic rings. The standard InChI is InChI=1S/C19H19N5O4S/c1-3-4-8-24-18-12(6-5-7-20-18)15(25)14(19(24)26)17-22-16-13(29(27,28)23-17)9-11(2)10-21-16/h5-7,9-10,25H,3-4,8H2,1-2H3,(H,21,22,23). The van der Waals surface area contributed by atoms with Crippen LogP contribution in [0.1, 0.15) is 30.9 Å². The van der Waals surface area contributed by atoms with Gasteiger partial charge < -0.3 is 10.4 Å². The molecule has 0 saturated carbocycles. The Kier molecular flexibility index (Phi) is 4.58. The van der Waals surface area contributed by atoms with Crippen LogP contribution in [0.25, 0.3) is 11.0 Å². The van der Waals surface area contributed by atoms with E-state index in [1.807, 2.05) is 6.92 Å². The van der Waals surface area contributed by atoms with Gasteiger partial charge in [0, 0.05) is 18.9 Å². The maximum atomic E-state index is 13.2. The van der Waals surface area contributed by atoms with Crippen molar-refractivity contribution in [2.24, 2.45) is 4.40 Å². The SMILES string of the molecule is CCCCn1c(=O)c(C2=NS(=O)(=O)c3cc(C)cnc3N2)c(O)c2cccnc21. The lowest BCUT2D eigenvalue weighted by Crippen LogP contribution is -2.33. The Morgan fingerprint density at radius 1 is 1.28 bits per heavy atom. The summed E-state index contributed by atoms with van der Waals surface area (Å²) in [4.78, 5) is 21.5. The molecule has 2 N–H and O–H groups in total. The first-order chi connectivity index (χ1) is 13.8. The normalized spacial score (nSPS) is 14.9. The van der Waals surface area contributed by atoms with Gasteiger partial charge in [-0.1, -0.05) is 13.3 Å². The zero-order valence-electron chi connectivity index (χ0n) is 15.9. The second-order valence-electron chi connectivity index (χ2n) is 6.81. The lowest BCUT2D eigenvalue weighted by atomic mass is 10.1. The van der Waals surface area contributed by atoms with E-state index in [-0.39, 0.29) is 27.9 Å². The van der Waals surface area contributed by atoms with Crippen molar-refractivity contribution in [2.75, 3.05) is 5.32 Å². The topological polar surface area (TPSA) is 127 Å². The van der Waals surface area contributed by atoms with Gasteiger partial charge in [-0.15, -0.1) is 4.40 Å². The number of pyridine rings is 3. The van der Waals surface area contributed by atoms with Gasteiger partial charge in [0.05, 0.1) is 5.39 Å². The highest BCUT2D eigenvalue weighted by atomic mass is 32.2. The molecule has 1 aliphatic heterocycles. The Hall–Kier alpha value is -3.27. The molecule has 29 heavy (non-hydrogen) atoms. The largest absolute Gasteiger partial charge is 0.506 e. The number of amidine groups is 1. The molecule has 4 heterocycles. The maximum Gasteiger partial charge on any atom is 0.287 e. The Morgan fingerprint density at radius 2 is 2.07 bits per heavy atom. The molecule has 0 bridgehead atoms. The van der Waals surface area contributed by atoms with E-state index in [2.05, 4.69) is 19.7 Å². The molecule has 3 aromatic rings. The maximum absolute atomic E-state index is 13.2. The van der Waals surface area contributed by atoms with Crippen LogP contribution in [0, 0.1) is 6.92 Å². The molecule has 0 amide bonds. The fourth-order valence-corrected chi connectivity index (χ4v) is 4.41. The fraction of sp³-hybridized carbons (Fsp3) is 0.263. The van der Waals surface area contributed by atoms with E-state index in [1.165, 1.54) is 23.0 Å². The van der Waals surface area contributed by atoms with E-state index in [9.17, 15) is 18.3 Å². The van der Waals surface area contributed by atoms with Crippen molar-refractivity contribution < 1.29 is 13.5 Å². The molecule has 0 radical (unpaired) electrons. The van der Waals surface area contributed by atoms with Gasteiger partial charge in [0.25, 0.3) is 15.6 Å². The Bertz CT molecular complexity index is 1330. The van der Waals surface area contributed by atoms with Gasteiger partial charge in [0.2, 0.25) is 0 Å². The van der Waals surface area contributed by atoms with E-state index in [1.54, 1.807) is 19.1 Å². The summed E-state index contributed by atoms with van der Waals surface area (Å²) in [6.07, 6.45) is 4.61. The number of rotatable bonds is 4. The number of anilines is 1. The van der Waals surface area contributed by atoms with Gasteiger partial charge in [-0.2, -0.15) is 8.42 Å². The minimum Gasteiger partial charge on any atom is -0.506 e. The lowest BCUT2D eigenvalue weighted by molar-refractivity contribution is 0.476. The average molecular weight is 413 g/mol. The zero-order valence-corrected chi connectivity index (χ0v) is 16.7. The summed E-state index contributed by atoms with van der Waals surface area (Å²) in [7, 11) is -4.09. The molecule has 0 aromatic carbocycles. The molecule has 0 saturated heterocycles. The van der Waals surface area contributed by atoms with Crippen LogP contribution in [0.3, 0.4) is 0 Å². The number of hydrogen-bond donors (Lipinski definition) is 2. The van der Waals surface area contributed by atoms with Gasteiger partial charge >= 0.3 is 0 Å². The number of nitrogens with one attached hydrogen (secondary N) is 1. The minimum atomic E-state index is -4.09. The summed E-state index contributed by atoms with van der Waals surface area (Å²) in [6, 6.07) is 4.71. The van der Waals surface area contributed by atoms with Crippen molar-refractivity contribution in [3.8, 4) is 5.75 Å². The monoisotopic (exact) mass is 413 g/mol. The molecule has 0 atom stereocenters. The van der Waals surface area contributed by atoms with E-state index >= 15 is 0 Å². The van der Waals surface area contributed by atoms with Crippen LogP contribution >= 0.6 is 0 Å². The highest BCUT2D eigenvalue weighted by molar-refractivity contribution is 7.90. The van der Waals surface area contributed by atoms with Crippen molar-refractivity contribution in [1.82, 2.24) is 14.5 Å². The second-order valence-corrected chi connectivity index (χ2v) is 8.38. The molecule has 3 aromatic heterocycles. The Labute approximate surface area is 166 Å². The molecular weight excluding hydrogens is 394 g/mol. The van der Waals surface area contributed by atoms with Gasteiger partial charge in [-0.3, -0.25) is 9.36 Å². The van der Waals surface area contributed by atoms with Crippen LogP contribution in [-0.2, 0) is 16.6 Å². The molecule has 0 fully saturated rings. The van der Waals surface area contributed by atoms with E-state index in [0.29, 0.717) is 23.1 Å². The first-order valence-corrected chi connectivity index (χ1v) is 10.6. The first kappa shape index (κ1) is 19.1. The van der Waals surface area contributed by atoms with E-state index in [0.717, 1.165) is 12.8 Å². The Morgan fingerprint density at radius 3 is 2.83 bits per heavy atom. The number of unbranched alkanes of at least 4 members (excludes halogenated alkanes) is 1. The average Bonchev–Trinajstić information content (AvgIpc) is 2.68. The summed E-state index contributed by atoms with van der Waals surface area (Å²) >= 11 is 0. The van der Waals surface area contributed by atoms with Crippen LogP contribution in [-0.4, -0.2) is 33.9 Å². The molecule has 0 unspecified atom stereocenters. The van der Waals surface area contributed by atoms with Crippen LogP contribution in [0.4, 0.5) is 5.82 Å². The summed E-state index contributed by atoms with van der Waals surface area (Å²) in [5.41, 5.74) is 0.201. The molecule has 9 nitrogen and oxygen atoms in total. The van der Waals surface area contributed by atoms with Gasteiger partial charge in [-0.05, 0) is 37.1 Å². The highest BCUT2D eigenvalue weighted by Crippen LogP contribution is 2.31. The van der Waals surface area contributed by atoms with Crippen molar-refractivity contribution in [2.45, 2.75) is 38.1 Å². The summed E-state index contributed by atoms with van der Waals surface area (Å²) in [5.74, 6) is -0.569. The summed E-state index contributed by atoms with van der Waals surface area (Å²) in [6.45, 7) is 4.09. The predicted octanol–water partition coefficient (Wildman–Crippen LogP) is 2.17. The third-order valence-electron chi connectivity index (χ3n) is 4.68. The number of nitrogens with zero attached hydrogens (tertiary/aromatic N) is 4. The molecule has 0 spiro atoms. The molecule has 0 aliphatic carbocycles. The molecule has 4 rings (SSSR count). The third kappa shape index (κ3) is 3.15. The zero-order chi connectivity index (χ0) is 20.8. The van der Waals surface area contributed by atoms with Crippen LogP contribution in [0.5, 0.6) is 5.75 Å². The number of aromatic nitrogens is 3. The summed E-state index contributed by atoms with van der Waals surface area (Å²) in [5, 5.41) is 13.9. The summed E-state index contributed by atoms with van der Waals surface area (Å²) < 4.78 is 30.6. The Balaban J connectivity index is 1.99.